The molecular formula is C14H17FN2O3S. The fourth-order valence-corrected chi connectivity index (χ4v) is 4.81. The Bertz CT molecular complexity index is 677. The van der Waals surface area contributed by atoms with Crippen LogP contribution in [-0.4, -0.2) is 38.3 Å². The van der Waals surface area contributed by atoms with E-state index in [1.165, 1.54) is 22.5 Å². The summed E-state index contributed by atoms with van der Waals surface area (Å²) in [7, 11) is -3.85. The second-order valence-electron chi connectivity index (χ2n) is 5.71. The van der Waals surface area contributed by atoms with Gasteiger partial charge >= 0.3 is 0 Å². The molecule has 1 aromatic carbocycles. The molecule has 21 heavy (non-hydrogen) atoms. The van der Waals surface area contributed by atoms with Crippen LogP contribution in [0.3, 0.4) is 0 Å². The highest BCUT2D eigenvalue weighted by molar-refractivity contribution is 7.89. The number of carbonyl (C=O) groups is 1. The summed E-state index contributed by atoms with van der Waals surface area (Å²) in [5, 5.41) is 2.79. The Hall–Kier alpha value is -1.47. The minimum Gasteiger partial charge on any atom is -0.356 e. The molecule has 0 spiro atoms. The van der Waals surface area contributed by atoms with Crippen LogP contribution < -0.4 is 5.32 Å². The third-order valence-electron chi connectivity index (χ3n) is 4.51. The number of hydrogen-bond donors (Lipinski definition) is 1. The molecule has 1 aromatic rings. The first-order chi connectivity index (χ1) is 9.91. The molecule has 1 N–H and O–H groups in total. The lowest BCUT2D eigenvalue weighted by Crippen LogP contribution is -2.46. The minimum atomic E-state index is -3.85. The molecule has 0 aromatic heterocycles. The monoisotopic (exact) mass is 312 g/mol. The average Bonchev–Trinajstić information content (AvgIpc) is 2.89. The van der Waals surface area contributed by atoms with E-state index < -0.39 is 15.8 Å². The van der Waals surface area contributed by atoms with Crippen molar-refractivity contribution in [2.75, 3.05) is 19.6 Å². The average molecular weight is 312 g/mol. The van der Waals surface area contributed by atoms with E-state index in [1.54, 1.807) is 0 Å². The summed E-state index contributed by atoms with van der Waals surface area (Å²) >= 11 is 0. The van der Waals surface area contributed by atoms with E-state index in [1.807, 2.05) is 6.92 Å². The van der Waals surface area contributed by atoms with Gasteiger partial charge in [0.15, 0.2) is 0 Å². The quantitative estimate of drug-likeness (QED) is 0.879. The number of piperidine rings is 1. The number of benzene rings is 1. The smallest absolute Gasteiger partial charge is 0.246 e. The summed E-state index contributed by atoms with van der Waals surface area (Å²) in [5.74, 6) is -0.903. The number of rotatable bonds is 2. The molecule has 3 atom stereocenters. The molecule has 2 aliphatic heterocycles. The van der Waals surface area contributed by atoms with Crippen LogP contribution in [0.15, 0.2) is 29.2 Å². The number of fused-ring (bicyclic) bond motifs is 1. The number of carbonyl (C=O) groups excluding carboxylic acids is 1. The summed E-state index contributed by atoms with van der Waals surface area (Å²) in [5.41, 5.74) is 0. The lowest BCUT2D eigenvalue weighted by atomic mass is 9.81. The molecule has 2 fully saturated rings. The van der Waals surface area contributed by atoms with Gasteiger partial charge in [-0.05, 0) is 24.0 Å². The van der Waals surface area contributed by atoms with Crippen molar-refractivity contribution in [1.29, 1.82) is 0 Å². The summed E-state index contributed by atoms with van der Waals surface area (Å²) in [6.07, 6.45) is 0. The van der Waals surface area contributed by atoms with Gasteiger partial charge in [-0.2, -0.15) is 4.31 Å². The Morgan fingerprint density at radius 1 is 1.29 bits per heavy atom. The molecule has 0 aliphatic carbocycles. The molecule has 5 nitrogen and oxygen atoms in total. The van der Waals surface area contributed by atoms with Crippen LogP contribution in [-0.2, 0) is 14.8 Å². The second-order valence-corrected chi connectivity index (χ2v) is 7.62. The number of nitrogens with one attached hydrogen (secondary N) is 1. The Morgan fingerprint density at radius 2 is 2.00 bits per heavy atom. The van der Waals surface area contributed by atoms with Crippen LogP contribution in [0.5, 0.6) is 0 Å². The van der Waals surface area contributed by atoms with Gasteiger partial charge in [-0.1, -0.05) is 19.1 Å². The maximum absolute atomic E-state index is 13.8. The molecule has 7 heteroatoms. The topological polar surface area (TPSA) is 66.5 Å². The third-order valence-corrected chi connectivity index (χ3v) is 6.37. The summed E-state index contributed by atoms with van der Waals surface area (Å²) in [6, 6.07) is 5.39. The Balaban J connectivity index is 1.89. The van der Waals surface area contributed by atoms with Gasteiger partial charge in [0, 0.05) is 25.6 Å². The first-order valence-corrected chi connectivity index (χ1v) is 8.37. The van der Waals surface area contributed by atoms with Gasteiger partial charge < -0.3 is 5.32 Å². The molecule has 1 amide bonds. The molecule has 2 heterocycles. The van der Waals surface area contributed by atoms with Crippen molar-refractivity contribution in [3.8, 4) is 0 Å². The van der Waals surface area contributed by atoms with Crippen molar-refractivity contribution in [3.05, 3.63) is 30.1 Å². The van der Waals surface area contributed by atoms with Gasteiger partial charge in [0.05, 0.1) is 0 Å². The van der Waals surface area contributed by atoms with Crippen LogP contribution in [0.4, 0.5) is 4.39 Å². The van der Waals surface area contributed by atoms with Crippen molar-refractivity contribution in [2.45, 2.75) is 11.8 Å². The molecule has 0 unspecified atom stereocenters. The van der Waals surface area contributed by atoms with Crippen LogP contribution >= 0.6 is 0 Å². The maximum atomic E-state index is 13.8. The predicted octanol–water partition coefficient (Wildman–Crippen LogP) is 0.828. The van der Waals surface area contributed by atoms with Crippen molar-refractivity contribution in [2.24, 2.45) is 17.8 Å². The zero-order chi connectivity index (χ0) is 15.2. The maximum Gasteiger partial charge on any atom is 0.246 e. The lowest BCUT2D eigenvalue weighted by molar-refractivity contribution is -0.128. The standard InChI is InChI=1S/C14H17FN2O3S/c1-9-11-8-17(7-10(11)6-16-14(9)18)21(19,20)13-5-3-2-4-12(13)15/h2-5,9-11H,6-8H2,1H3,(H,16,18)/t9-,10+,11+/m1/s1. The number of hydrogen-bond acceptors (Lipinski definition) is 3. The number of halogens is 1. The van der Waals surface area contributed by atoms with Gasteiger partial charge in [0.1, 0.15) is 10.7 Å². The van der Waals surface area contributed by atoms with Crippen molar-refractivity contribution in [1.82, 2.24) is 9.62 Å². The van der Waals surface area contributed by atoms with E-state index in [0.717, 1.165) is 6.07 Å². The van der Waals surface area contributed by atoms with E-state index in [9.17, 15) is 17.6 Å². The second kappa shape index (κ2) is 5.06. The Labute approximate surface area is 123 Å². The van der Waals surface area contributed by atoms with Crippen LogP contribution in [0.2, 0.25) is 0 Å². The molecule has 0 bridgehead atoms. The van der Waals surface area contributed by atoms with Gasteiger partial charge in [-0.25, -0.2) is 12.8 Å². The predicted molar refractivity (Wildman–Crippen MR) is 74.3 cm³/mol. The van der Waals surface area contributed by atoms with Crippen LogP contribution in [0, 0.1) is 23.6 Å². The lowest BCUT2D eigenvalue weighted by Gasteiger charge is -2.29. The molecular weight excluding hydrogens is 295 g/mol. The van der Waals surface area contributed by atoms with Crippen molar-refractivity contribution < 1.29 is 17.6 Å². The van der Waals surface area contributed by atoms with E-state index in [-0.39, 0.29) is 35.1 Å². The molecule has 114 valence electrons. The molecule has 3 rings (SSSR count). The van der Waals surface area contributed by atoms with Crippen LogP contribution in [0.1, 0.15) is 6.92 Å². The zero-order valence-electron chi connectivity index (χ0n) is 11.6. The summed E-state index contributed by atoms with van der Waals surface area (Å²) in [6.45, 7) is 2.89. The van der Waals surface area contributed by atoms with Gasteiger partial charge in [0.2, 0.25) is 15.9 Å². The molecule has 0 radical (unpaired) electrons. The molecule has 0 saturated carbocycles. The first kappa shape index (κ1) is 14.5. The summed E-state index contributed by atoms with van der Waals surface area (Å²) in [4.78, 5) is 11.4. The Morgan fingerprint density at radius 3 is 2.71 bits per heavy atom. The molecule has 2 saturated heterocycles. The molecule has 2 aliphatic rings. The van der Waals surface area contributed by atoms with Crippen molar-refractivity contribution in [3.63, 3.8) is 0 Å². The number of amides is 1. The highest BCUT2D eigenvalue weighted by atomic mass is 32.2. The van der Waals surface area contributed by atoms with Crippen LogP contribution in [0.25, 0.3) is 0 Å². The number of nitrogens with zero attached hydrogens (tertiary/aromatic N) is 1. The minimum absolute atomic E-state index is 0.000276. The van der Waals surface area contributed by atoms with E-state index in [2.05, 4.69) is 5.32 Å². The first-order valence-electron chi connectivity index (χ1n) is 6.93. The van der Waals surface area contributed by atoms with Gasteiger partial charge in [-0.3, -0.25) is 4.79 Å². The third kappa shape index (κ3) is 2.34. The van der Waals surface area contributed by atoms with Crippen molar-refractivity contribution >= 4 is 15.9 Å². The fourth-order valence-electron chi connectivity index (χ4n) is 3.21. The normalized spacial score (nSPS) is 30.0. The van der Waals surface area contributed by atoms with Gasteiger partial charge in [-0.15, -0.1) is 0 Å². The zero-order valence-corrected chi connectivity index (χ0v) is 12.4. The fraction of sp³-hybridized carbons (Fsp3) is 0.500. The van der Waals surface area contributed by atoms with E-state index >= 15 is 0 Å². The SMILES string of the molecule is C[C@H]1C(=O)NC[C@H]2CN(S(=O)(=O)c3ccccc3F)C[C@H]21. The summed E-state index contributed by atoms with van der Waals surface area (Å²) < 4.78 is 40.2. The van der Waals surface area contributed by atoms with E-state index in [0.29, 0.717) is 13.1 Å². The number of sulfonamides is 1. The Kier molecular flexibility index (Phi) is 3.49. The largest absolute Gasteiger partial charge is 0.356 e. The van der Waals surface area contributed by atoms with E-state index in [4.69, 9.17) is 0 Å². The highest BCUT2D eigenvalue weighted by Gasteiger charge is 2.46. The highest BCUT2D eigenvalue weighted by Crippen LogP contribution is 2.35. The van der Waals surface area contributed by atoms with Gasteiger partial charge in [0.25, 0.3) is 0 Å².